The fraction of sp³-hybridized carbons (Fsp3) is 0.306. The van der Waals surface area contributed by atoms with Gasteiger partial charge < -0.3 is 14.4 Å². The lowest BCUT2D eigenvalue weighted by molar-refractivity contribution is 0.0685. The van der Waals surface area contributed by atoms with Crippen LogP contribution in [-0.2, 0) is 32.0 Å². The van der Waals surface area contributed by atoms with Crippen LogP contribution in [0, 0.1) is 0 Å². The summed E-state index contributed by atoms with van der Waals surface area (Å²) in [6, 6.07) is 19.1. The number of benzene rings is 3. The number of carbonyl (C=O) groups is 1. The van der Waals surface area contributed by atoms with E-state index in [-0.39, 0.29) is 0 Å². The molecule has 2 aromatic heterocycles. The largest absolute Gasteiger partial charge is 0.493 e. The first-order valence-corrected chi connectivity index (χ1v) is 18.9. The number of hydrogen-bond acceptors (Lipinski definition) is 7. The molecule has 0 saturated carbocycles. The van der Waals surface area contributed by atoms with Gasteiger partial charge in [-0.2, -0.15) is 10.2 Å². The van der Waals surface area contributed by atoms with E-state index >= 15 is 0 Å². The number of carboxylic acids is 1. The minimum atomic E-state index is -0.911. The first-order valence-electron chi connectivity index (χ1n) is 15.8. The molecule has 5 aromatic rings. The maximum absolute atomic E-state index is 12.7. The maximum atomic E-state index is 12.7. The molecule has 1 N–H and O–H groups in total. The summed E-state index contributed by atoms with van der Waals surface area (Å²) in [7, 11) is 6.69. The van der Waals surface area contributed by atoms with Crippen molar-refractivity contribution in [2.45, 2.75) is 43.1 Å². The number of aromatic nitrogens is 3. The number of aryl methyl sites for hydroxylation is 3. The highest BCUT2D eigenvalue weighted by Crippen LogP contribution is 2.35. The summed E-state index contributed by atoms with van der Waals surface area (Å²) in [4.78, 5) is 13.8. The first-order chi connectivity index (χ1) is 22.6. The van der Waals surface area contributed by atoms with Crippen LogP contribution in [0.5, 0.6) is 5.75 Å². The Hall–Kier alpha value is -3.93. The van der Waals surface area contributed by atoms with E-state index in [1.165, 1.54) is 10.9 Å². The Morgan fingerprint density at radius 1 is 1.02 bits per heavy atom. The molecule has 3 heterocycles. The van der Waals surface area contributed by atoms with Gasteiger partial charge in [0.15, 0.2) is 0 Å². The first kappa shape index (κ1) is 33.0. The van der Waals surface area contributed by atoms with E-state index in [0.717, 1.165) is 87.9 Å². The van der Waals surface area contributed by atoms with Crippen molar-refractivity contribution in [3.05, 3.63) is 88.5 Å². The van der Waals surface area contributed by atoms with Crippen LogP contribution >= 0.6 is 23.5 Å². The number of fused-ring (bicyclic) bond motifs is 6. The third-order valence-electron chi connectivity index (χ3n) is 9.01. The topological polar surface area (TPSA) is 84.9 Å². The van der Waals surface area contributed by atoms with E-state index in [1.54, 1.807) is 23.5 Å². The highest BCUT2D eigenvalue weighted by Gasteiger charge is 2.24. The summed E-state index contributed by atoms with van der Waals surface area (Å²) in [5, 5.41) is 26.3. The number of hydrazone groups is 1. The van der Waals surface area contributed by atoms with Gasteiger partial charge in [0.05, 0.1) is 17.8 Å². The molecule has 3 aromatic carbocycles. The Kier molecular flexibility index (Phi) is 9.86. The molecule has 47 heavy (non-hydrogen) atoms. The zero-order valence-corrected chi connectivity index (χ0v) is 31.5. The monoisotopic (exact) mass is 683 g/mol. The van der Waals surface area contributed by atoms with Crippen LogP contribution in [0.4, 0.5) is 0 Å². The Balaban J connectivity index is 1.41. The average Bonchev–Trinajstić information content (AvgIpc) is 3.55. The number of allylic oxidation sites excluding steroid dienone is 2. The third-order valence-corrected chi connectivity index (χ3v) is 11.7. The molecule has 0 unspecified atom stereocenters. The van der Waals surface area contributed by atoms with Crippen LogP contribution in [0.1, 0.15) is 53.3 Å². The van der Waals surface area contributed by atoms with Crippen LogP contribution in [0.2, 0.25) is 0 Å². The zero-order valence-electron chi connectivity index (χ0n) is 27.8. The molecule has 1 aliphatic rings. The molecule has 8 nitrogen and oxygen atoms in total. The molecule has 0 amide bonds. The van der Waals surface area contributed by atoms with E-state index in [9.17, 15) is 9.90 Å². The molecule has 244 valence electrons. The number of hydrogen-bond donors (Lipinski definition) is 1. The average molecular weight is 684 g/mol. The van der Waals surface area contributed by atoms with Crippen LogP contribution in [-0.4, -0.2) is 66.3 Å². The number of rotatable bonds is 1. The van der Waals surface area contributed by atoms with Gasteiger partial charge >= 0.3 is 5.97 Å². The molecule has 0 radical (unpaired) electrons. The fourth-order valence-corrected chi connectivity index (χ4v) is 8.83. The van der Waals surface area contributed by atoms with Crippen molar-refractivity contribution in [1.29, 1.82) is 0 Å². The van der Waals surface area contributed by atoms with Gasteiger partial charge in [0.2, 0.25) is 0 Å². The lowest BCUT2D eigenvalue weighted by atomic mass is 9.99. The maximum Gasteiger partial charge on any atom is 0.352 e. The fourth-order valence-electron chi connectivity index (χ4n) is 6.42. The van der Waals surface area contributed by atoms with Crippen molar-refractivity contribution in [3.63, 3.8) is 0 Å². The molecule has 1 aliphatic heterocycles. The van der Waals surface area contributed by atoms with Crippen LogP contribution in [0.25, 0.3) is 27.2 Å². The van der Waals surface area contributed by atoms with E-state index in [1.807, 2.05) is 47.7 Å². The molecular weight excluding hydrogens is 643 g/mol. The normalized spacial score (nSPS) is 17.6. The van der Waals surface area contributed by atoms with Crippen molar-refractivity contribution >= 4 is 78.4 Å². The number of thioether (sulfide) groups is 2. The molecular formula is C36H41N5O3S2Si. The summed E-state index contributed by atoms with van der Waals surface area (Å²) in [6.45, 7) is 4.67. The number of ether oxygens (including phenoxy) is 1. The van der Waals surface area contributed by atoms with Crippen molar-refractivity contribution in [1.82, 2.24) is 19.4 Å². The lowest BCUT2D eigenvalue weighted by Crippen LogP contribution is -2.16. The van der Waals surface area contributed by atoms with Gasteiger partial charge in [0.1, 0.15) is 11.4 Å². The molecule has 6 rings (SSSR count). The summed E-state index contributed by atoms with van der Waals surface area (Å²) in [6.07, 6.45) is 3.23. The second-order valence-corrected chi connectivity index (χ2v) is 15.2. The smallest absolute Gasteiger partial charge is 0.352 e. The second kappa shape index (κ2) is 14.0. The Morgan fingerprint density at radius 2 is 1.83 bits per heavy atom. The second-order valence-electron chi connectivity index (χ2n) is 12.0. The third kappa shape index (κ3) is 6.74. The Bertz CT molecular complexity index is 2050. The predicted octanol–water partition coefficient (Wildman–Crippen LogP) is 5.97. The van der Waals surface area contributed by atoms with Crippen molar-refractivity contribution in [3.8, 4) is 5.75 Å². The minimum Gasteiger partial charge on any atom is -0.493 e. The van der Waals surface area contributed by atoms with Crippen molar-refractivity contribution in [2.24, 2.45) is 19.2 Å². The zero-order chi connectivity index (χ0) is 33.2. The van der Waals surface area contributed by atoms with Gasteiger partial charge in [-0.25, -0.2) is 4.79 Å². The van der Waals surface area contributed by atoms with Gasteiger partial charge in [-0.1, -0.05) is 41.6 Å². The number of aromatic carboxylic acids is 1. The molecule has 0 spiro atoms. The summed E-state index contributed by atoms with van der Waals surface area (Å²) in [5.74, 6) is 2.31. The highest BCUT2D eigenvalue weighted by atomic mass is 32.2. The summed E-state index contributed by atoms with van der Waals surface area (Å²) < 4.78 is 10.3. The van der Waals surface area contributed by atoms with Gasteiger partial charge in [-0.15, -0.1) is 23.5 Å². The molecule has 0 saturated heterocycles. The van der Waals surface area contributed by atoms with E-state index < -0.39 is 5.97 Å². The van der Waals surface area contributed by atoms with Crippen LogP contribution in [0.3, 0.4) is 0 Å². The summed E-state index contributed by atoms with van der Waals surface area (Å²) in [5.41, 5.74) is 7.64. The molecule has 0 fully saturated rings. The molecule has 0 aliphatic carbocycles. The standard InChI is InChI=1S/C36H41N5O3S2Si/c1-22-23(2)40(4)37-14-16-45-20-25-18-26(41(5)38-25)21-46-27-17-24-9-6-7-10-28(24)31(19-27)44-15-8-11-29-30-12-13-32(47)33(22)34(30)39(3)35(29)36(42)43/h6-7,9-10,12-14,17-19H,8,11,15-16,20-21H2,1-5,47H3,(H,42,43)/b23-22+,37-14+. The van der Waals surface area contributed by atoms with E-state index in [2.05, 4.69) is 62.4 Å². The van der Waals surface area contributed by atoms with Gasteiger partial charge in [-0.3, -0.25) is 9.69 Å². The number of carboxylic acid groups (broad SMARTS) is 1. The number of nitrogens with zero attached hydrogens (tertiary/aromatic N) is 5. The van der Waals surface area contributed by atoms with Gasteiger partial charge in [-0.05, 0) is 61.4 Å². The van der Waals surface area contributed by atoms with Crippen molar-refractivity contribution in [2.75, 3.05) is 19.4 Å². The van der Waals surface area contributed by atoms with Crippen LogP contribution in [0.15, 0.2) is 70.3 Å². The SMILES string of the molecule is C/C1=C(/C)N(C)/N=C/CSCc2cc(n(C)n2)CSc2cc(c3ccccc3c2)OCCCc2c(C(=O)O)n(C)c3c1c([SiH3])ccc23. The van der Waals surface area contributed by atoms with E-state index in [4.69, 9.17) is 14.9 Å². The quantitative estimate of drug-likeness (QED) is 0.218. The highest BCUT2D eigenvalue weighted by molar-refractivity contribution is 7.99. The predicted molar refractivity (Wildman–Crippen MR) is 201 cm³/mol. The summed E-state index contributed by atoms with van der Waals surface area (Å²) >= 11 is 3.56. The Morgan fingerprint density at radius 3 is 2.64 bits per heavy atom. The Labute approximate surface area is 287 Å². The van der Waals surface area contributed by atoms with Gasteiger partial charge in [0, 0.05) is 87.5 Å². The lowest BCUT2D eigenvalue weighted by Gasteiger charge is -2.19. The van der Waals surface area contributed by atoms with Crippen LogP contribution < -0.4 is 9.92 Å². The van der Waals surface area contributed by atoms with Gasteiger partial charge in [0.25, 0.3) is 0 Å². The molecule has 8 bridgehead atoms. The molecule has 11 heteroatoms. The van der Waals surface area contributed by atoms with E-state index in [0.29, 0.717) is 25.1 Å². The van der Waals surface area contributed by atoms with Crippen molar-refractivity contribution < 1.29 is 14.6 Å². The minimum absolute atomic E-state index is 0.343. The molecule has 0 atom stereocenters.